The molecule has 0 atom stereocenters. The molecule has 2 N–H and O–H groups in total. The zero-order valence-corrected chi connectivity index (χ0v) is 16.1. The van der Waals surface area contributed by atoms with Gasteiger partial charge >= 0.3 is 0 Å². The van der Waals surface area contributed by atoms with Gasteiger partial charge in [-0.1, -0.05) is 0 Å². The number of guanidine groups is 1. The van der Waals surface area contributed by atoms with Crippen LogP contribution in [0.5, 0.6) is 0 Å². The van der Waals surface area contributed by atoms with E-state index in [9.17, 15) is 8.42 Å². The van der Waals surface area contributed by atoms with Gasteiger partial charge in [0, 0.05) is 40.3 Å². The van der Waals surface area contributed by atoms with Crippen LogP contribution in [-0.4, -0.2) is 71.9 Å². The molecule has 0 radical (unpaired) electrons. The second-order valence-electron chi connectivity index (χ2n) is 4.98. The van der Waals surface area contributed by atoms with E-state index >= 15 is 0 Å². The number of nitrogens with one attached hydrogen (secondary N) is 2. The van der Waals surface area contributed by atoms with Crippen LogP contribution in [0, 0.1) is 5.92 Å². The summed E-state index contributed by atoms with van der Waals surface area (Å²) in [6, 6.07) is 0. The Kier molecular flexibility index (Phi) is 10.5. The van der Waals surface area contributed by atoms with Crippen molar-refractivity contribution in [3.05, 3.63) is 0 Å². The first-order valence-electron chi connectivity index (χ1n) is 6.86. The second-order valence-corrected chi connectivity index (χ2v) is 6.96. The summed E-state index contributed by atoms with van der Waals surface area (Å²) in [5, 5.41) is 6.42. The first kappa shape index (κ1) is 20.9. The fraction of sp³-hybridized carbons (Fsp3) is 0.917. The Balaban J connectivity index is 0.00000400. The van der Waals surface area contributed by atoms with Crippen molar-refractivity contribution in [1.29, 1.82) is 0 Å². The minimum Gasteiger partial charge on any atom is -0.383 e. The minimum atomic E-state index is -3.04. The predicted molar refractivity (Wildman–Crippen MR) is 95.8 cm³/mol. The van der Waals surface area contributed by atoms with E-state index in [0.29, 0.717) is 32.2 Å². The van der Waals surface area contributed by atoms with E-state index in [1.807, 2.05) is 0 Å². The molecule has 21 heavy (non-hydrogen) atoms. The Labute approximate surface area is 145 Å². The van der Waals surface area contributed by atoms with Crippen LogP contribution in [0.2, 0.25) is 0 Å². The molecular weight excluding hydrogens is 407 g/mol. The lowest BCUT2D eigenvalue weighted by atomic mass is 9.98. The van der Waals surface area contributed by atoms with Crippen LogP contribution in [0.3, 0.4) is 0 Å². The van der Waals surface area contributed by atoms with Crippen molar-refractivity contribution in [3.63, 3.8) is 0 Å². The molecule has 0 aromatic rings. The molecule has 1 heterocycles. The molecule has 1 aliphatic heterocycles. The lowest BCUT2D eigenvalue weighted by Crippen LogP contribution is -2.44. The highest BCUT2D eigenvalue weighted by Crippen LogP contribution is 2.18. The van der Waals surface area contributed by atoms with Gasteiger partial charge in [0.25, 0.3) is 0 Å². The first-order valence-corrected chi connectivity index (χ1v) is 8.70. The molecular formula is C12H27IN4O3S. The summed E-state index contributed by atoms with van der Waals surface area (Å²) in [7, 11) is 0.353. The fourth-order valence-corrected chi connectivity index (χ4v) is 3.05. The molecule has 0 aromatic heterocycles. The molecule has 1 aliphatic rings. The highest BCUT2D eigenvalue weighted by atomic mass is 127. The van der Waals surface area contributed by atoms with Gasteiger partial charge in [-0.05, 0) is 18.8 Å². The van der Waals surface area contributed by atoms with E-state index in [-0.39, 0.29) is 24.0 Å². The molecule has 0 amide bonds. The zero-order valence-electron chi connectivity index (χ0n) is 13.0. The van der Waals surface area contributed by atoms with Gasteiger partial charge in [0.15, 0.2) is 5.96 Å². The van der Waals surface area contributed by atoms with Crippen LogP contribution >= 0.6 is 24.0 Å². The SMILES string of the molecule is CN=C(NCCOC)NCC1CCN(S(C)(=O)=O)CC1.I. The maximum Gasteiger partial charge on any atom is 0.211 e. The summed E-state index contributed by atoms with van der Waals surface area (Å²) >= 11 is 0. The number of nitrogens with zero attached hydrogens (tertiary/aromatic N) is 2. The third-order valence-corrected chi connectivity index (χ3v) is 4.73. The third-order valence-electron chi connectivity index (χ3n) is 3.42. The molecule has 0 bridgehead atoms. The van der Waals surface area contributed by atoms with E-state index in [1.54, 1.807) is 18.5 Å². The largest absolute Gasteiger partial charge is 0.383 e. The van der Waals surface area contributed by atoms with Crippen molar-refractivity contribution in [2.45, 2.75) is 12.8 Å². The molecule has 7 nitrogen and oxygen atoms in total. The first-order chi connectivity index (χ1) is 9.47. The maximum atomic E-state index is 11.4. The van der Waals surface area contributed by atoms with E-state index < -0.39 is 10.0 Å². The number of hydrogen-bond donors (Lipinski definition) is 2. The van der Waals surface area contributed by atoms with Gasteiger partial charge in [0.2, 0.25) is 10.0 Å². The van der Waals surface area contributed by atoms with Crippen molar-refractivity contribution in [3.8, 4) is 0 Å². The number of halogens is 1. The molecule has 0 spiro atoms. The summed E-state index contributed by atoms with van der Waals surface area (Å²) in [5.41, 5.74) is 0. The topological polar surface area (TPSA) is 83.0 Å². The van der Waals surface area contributed by atoms with Crippen LogP contribution in [-0.2, 0) is 14.8 Å². The van der Waals surface area contributed by atoms with Crippen molar-refractivity contribution < 1.29 is 13.2 Å². The van der Waals surface area contributed by atoms with Crippen molar-refractivity contribution in [2.24, 2.45) is 10.9 Å². The fourth-order valence-electron chi connectivity index (χ4n) is 2.18. The summed E-state index contributed by atoms with van der Waals surface area (Å²) in [4.78, 5) is 4.13. The highest BCUT2D eigenvalue weighted by molar-refractivity contribution is 14.0. The van der Waals surface area contributed by atoms with Crippen molar-refractivity contribution >= 4 is 40.0 Å². The Morgan fingerprint density at radius 2 is 1.95 bits per heavy atom. The lowest BCUT2D eigenvalue weighted by Gasteiger charge is -2.30. The Hall–Kier alpha value is -0.130. The van der Waals surface area contributed by atoms with Gasteiger partial charge in [-0.25, -0.2) is 12.7 Å². The second kappa shape index (κ2) is 10.6. The smallest absolute Gasteiger partial charge is 0.211 e. The number of methoxy groups -OCH3 is 1. The number of rotatable bonds is 6. The van der Waals surface area contributed by atoms with E-state index in [0.717, 1.165) is 25.3 Å². The normalized spacial score (nSPS) is 18.1. The standard InChI is InChI=1S/C12H26N4O3S.HI/c1-13-12(14-6-9-19-2)15-10-11-4-7-16(8-5-11)20(3,17)18;/h11H,4-10H2,1-3H3,(H2,13,14,15);1H. The van der Waals surface area contributed by atoms with Crippen LogP contribution in [0.15, 0.2) is 4.99 Å². The summed E-state index contributed by atoms with van der Waals surface area (Å²) < 4.78 is 29.4. The zero-order chi connectivity index (χ0) is 15.0. The van der Waals surface area contributed by atoms with Gasteiger partial charge in [0.05, 0.1) is 12.9 Å². The van der Waals surface area contributed by atoms with Gasteiger partial charge in [-0.2, -0.15) is 0 Å². The van der Waals surface area contributed by atoms with Crippen LogP contribution in [0.4, 0.5) is 0 Å². The van der Waals surface area contributed by atoms with Gasteiger partial charge in [-0.15, -0.1) is 24.0 Å². The van der Waals surface area contributed by atoms with Gasteiger partial charge in [-0.3, -0.25) is 4.99 Å². The Morgan fingerprint density at radius 1 is 1.33 bits per heavy atom. The summed E-state index contributed by atoms with van der Waals surface area (Å²) in [5.74, 6) is 1.24. The maximum absolute atomic E-state index is 11.4. The molecule has 1 fully saturated rings. The molecule has 0 unspecified atom stereocenters. The van der Waals surface area contributed by atoms with Crippen molar-refractivity contribution in [2.75, 3.05) is 53.2 Å². The number of ether oxygens (including phenoxy) is 1. The molecule has 0 aromatic carbocycles. The molecule has 126 valence electrons. The Morgan fingerprint density at radius 3 is 2.43 bits per heavy atom. The van der Waals surface area contributed by atoms with E-state index in [2.05, 4.69) is 15.6 Å². The molecule has 1 rings (SSSR count). The number of piperidine rings is 1. The van der Waals surface area contributed by atoms with Crippen LogP contribution in [0.25, 0.3) is 0 Å². The third kappa shape index (κ3) is 8.17. The molecule has 0 saturated carbocycles. The minimum absolute atomic E-state index is 0. The van der Waals surface area contributed by atoms with Gasteiger partial charge in [0.1, 0.15) is 0 Å². The van der Waals surface area contributed by atoms with Crippen molar-refractivity contribution in [1.82, 2.24) is 14.9 Å². The average molecular weight is 434 g/mol. The number of sulfonamides is 1. The highest BCUT2D eigenvalue weighted by Gasteiger charge is 2.24. The lowest BCUT2D eigenvalue weighted by molar-refractivity contribution is 0.203. The van der Waals surface area contributed by atoms with Crippen LogP contribution < -0.4 is 10.6 Å². The van der Waals surface area contributed by atoms with E-state index in [1.165, 1.54) is 6.26 Å². The van der Waals surface area contributed by atoms with E-state index in [4.69, 9.17) is 4.74 Å². The number of aliphatic imine (C=N–C) groups is 1. The monoisotopic (exact) mass is 434 g/mol. The van der Waals surface area contributed by atoms with Gasteiger partial charge < -0.3 is 15.4 Å². The summed E-state index contributed by atoms with van der Waals surface area (Å²) in [6.45, 7) is 3.38. The predicted octanol–water partition coefficient (Wildman–Crippen LogP) is 0.0874. The number of hydrogen-bond acceptors (Lipinski definition) is 4. The molecule has 0 aliphatic carbocycles. The summed E-state index contributed by atoms with van der Waals surface area (Å²) in [6.07, 6.45) is 3.04. The average Bonchev–Trinajstić information content (AvgIpc) is 2.42. The quantitative estimate of drug-likeness (QED) is 0.268. The Bertz CT molecular complexity index is 409. The molecule has 9 heteroatoms. The molecule has 1 saturated heterocycles. The van der Waals surface area contributed by atoms with Crippen LogP contribution in [0.1, 0.15) is 12.8 Å².